The van der Waals surface area contributed by atoms with E-state index in [4.69, 9.17) is 0 Å². The van der Waals surface area contributed by atoms with Crippen molar-refractivity contribution in [1.29, 1.82) is 0 Å². The van der Waals surface area contributed by atoms with Crippen LogP contribution in [0.5, 0.6) is 0 Å². The highest BCUT2D eigenvalue weighted by Crippen LogP contribution is 2.19. The van der Waals surface area contributed by atoms with Gasteiger partial charge in [-0.15, -0.1) is 0 Å². The van der Waals surface area contributed by atoms with Crippen LogP contribution in [-0.4, -0.2) is 15.0 Å². The molecule has 0 N–H and O–H groups in total. The molecule has 0 bridgehead atoms. The fraction of sp³-hybridized carbons (Fsp3) is 0.417. The molecule has 0 heterocycles. The van der Waals surface area contributed by atoms with Gasteiger partial charge in [-0.2, -0.15) is 0 Å². The number of nitrogens with zero attached hydrogens (tertiary/aromatic N) is 1. The maximum Gasteiger partial charge on any atom is 0.168 e. The van der Waals surface area contributed by atoms with Gasteiger partial charge in [0.1, 0.15) is 16.1 Å². The molecule has 5 heteroatoms. The molecule has 1 aromatic carbocycles. The minimum Gasteiger partial charge on any atom is -0.591 e. The summed E-state index contributed by atoms with van der Waals surface area (Å²) in [7, 11) is 0. The first-order valence-electron chi connectivity index (χ1n) is 5.15. The van der Waals surface area contributed by atoms with E-state index in [0.717, 1.165) is 6.07 Å². The molecule has 0 saturated heterocycles. The molecule has 0 amide bonds. The van der Waals surface area contributed by atoms with Gasteiger partial charge in [-0.1, -0.05) is 10.5 Å². The van der Waals surface area contributed by atoms with Crippen LogP contribution in [0.4, 0.5) is 8.78 Å². The lowest BCUT2D eigenvalue weighted by Gasteiger charge is -2.18. The maximum absolute atomic E-state index is 13.4. The molecule has 0 saturated carbocycles. The van der Waals surface area contributed by atoms with Gasteiger partial charge in [0.2, 0.25) is 0 Å². The Labute approximate surface area is 103 Å². The van der Waals surface area contributed by atoms with Crippen molar-refractivity contribution >= 4 is 17.1 Å². The Kier molecular flexibility index (Phi) is 4.27. The van der Waals surface area contributed by atoms with Crippen molar-refractivity contribution in [2.45, 2.75) is 32.4 Å². The van der Waals surface area contributed by atoms with Crippen molar-refractivity contribution in [3.05, 3.63) is 35.4 Å². The molecule has 1 unspecified atom stereocenters. The highest BCUT2D eigenvalue weighted by Gasteiger charge is 2.27. The number of halogens is 2. The van der Waals surface area contributed by atoms with E-state index in [1.807, 2.05) is 0 Å². The minimum absolute atomic E-state index is 0.0441. The Balaban J connectivity index is 3.09. The summed E-state index contributed by atoms with van der Waals surface area (Å²) in [6.45, 7) is 6.81. The summed E-state index contributed by atoms with van der Waals surface area (Å²) in [6.07, 6.45) is 0. The van der Waals surface area contributed by atoms with Crippen LogP contribution in [0.1, 0.15) is 33.3 Å². The van der Waals surface area contributed by atoms with Crippen molar-refractivity contribution in [2.75, 3.05) is 0 Å². The highest BCUT2D eigenvalue weighted by atomic mass is 32.2. The zero-order valence-electron chi connectivity index (χ0n) is 10.3. The van der Waals surface area contributed by atoms with E-state index < -0.39 is 27.7 Å². The fourth-order valence-electron chi connectivity index (χ4n) is 1.09. The molecule has 0 aliphatic rings. The Hall–Kier alpha value is -0.940. The first kappa shape index (κ1) is 14.1. The SMILES string of the molecule is C/C(=N\[S+]([O-])C(C)(C)C)c1cccc(F)c1F. The van der Waals surface area contributed by atoms with Gasteiger partial charge < -0.3 is 4.55 Å². The van der Waals surface area contributed by atoms with E-state index in [-0.39, 0.29) is 11.3 Å². The standard InChI is InChI=1S/C12H15F2NOS/c1-8(15-17(16)12(2,3)4)9-6-5-7-10(13)11(9)14/h5-7H,1-4H3/b15-8+. The summed E-state index contributed by atoms with van der Waals surface area (Å²) < 4.78 is 41.6. The predicted octanol–water partition coefficient (Wildman–Crippen LogP) is 3.24. The van der Waals surface area contributed by atoms with Gasteiger partial charge in [-0.05, 0) is 39.8 Å². The Bertz CT molecular complexity index is 441. The smallest absolute Gasteiger partial charge is 0.168 e. The van der Waals surface area contributed by atoms with Crippen molar-refractivity contribution in [3.8, 4) is 0 Å². The van der Waals surface area contributed by atoms with E-state index in [1.54, 1.807) is 20.8 Å². The fourth-order valence-corrected chi connectivity index (χ4v) is 1.71. The Morgan fingerprint density at radius 1 is 1.29 bits per heavy atom. The number of hydrogen-bond acceptors (Lipinski definition) is 2. The Morgan fingerprint density at radius 3 is 2.41 bits per heavy atom. The van der Waals surface area contributed by atoms with E-state index in [0.29, 0.717) is 0 Å². The molecule has 0 aliphatic carbocycles. The zero-order chi connectivity index (χ0) is 13.2. The largest absolute Gasteiger partial charge is 0.591 e. The molecular formula is C12H15F2NOS. The van der Waals surface area contributed by atoms with Gasteiger partial charge in [0.25, 0.3) is 0 Å². The molecule has 0 fully saturated rings. The number of rotatable bonds is 2. The molecule has 0 aliphatic heterocycles. The summed E-state index contributed by atoms with van der Waals surface area (Å²) in [4.78, 5) is 0. The van der Waals surface area contributed by atoms with Crippen molar-refractivity contribution in [1.82, 2.24) is 0 Å². The van der Waals surface area contributed by atoms with Crippen LogP contribution in [0.25, 0.3) is 0 Å². The van der Waals surface area contributed by atoms with E-state index in [1.165, 1.54) is 19.1 Å². The van der Waals surface area contributed by atoms with Gasteiger partial charge in [0.05, 0.1) is 5.71 Å². The second-order valence-electron chi connectivity index (χ2n) is 4.64. The topological polar surface area (TPSA) is 35.4 Å². The van der Waals surface area contributed by atoms with Crippen molar-refractivity contribution < 1.29 is 13.3 Å². The third-order valence-electron chi connectivity index (χ3n) is 2.09. The van der Waals surface area contributed by atoms with Gasteiger partial charge in [-0.25, -0.2) is 8.78 Å². The molecule has 17 heavy (non-hydrogen) atoms. The first-order chi connectivity index (χ1) is 7.73. The van der Waals surface area contributed by atoms with Crippen LogP contribution in [0.15, 0.2) is 22.6 Å². The number of hydrogen-bond donors (Lipinski definition) is 0. The normalized spacial score (nSPS) is 14.9. The predicted molar refractivity (Wildman–Crippen MR) is 66.5 cm³/mol. The van der Waals surface area contributed by atoms with Gasteiger partial charge in [0, 0.05) is 5.56 Å². The summed E-state index contributed by atoms with van der Waals surface area (Å²) in [5.74, 6) is -1.89. The second kappa shape index (κ2) is 5.14. The number of benzene rings is 1. The summed E-state index contributed by atoms with van der Waals surface area (Å²) in [5.41, 5.74) is 0.276. The molecule has 94 valence electrons. The van der Waals surface area contributed by atoms with E-state index >= 15 is 0 Å². The quantitative estimate of drug-likeness (QED) is 0.593. The third-order valence-corrected chi connectivity index (χ3v) is 3.57. The van der Waals surface area contributed by atoms with Gasteiger partial charge in [0.15, 0.2) is 11.6 Å². The molecule has 1 atom stereocenters. The van der Waals surface area contributed by atoms with Crippen LogP contribution >= 0.6 is 0 Å². The average Bonchev–Trinajstić information content (AvgIpc) is 2.20. The molecule has 2 nitrogen and oxygen atoms in total. The average molecular weight is 259 g/mol. The van der Waals surface area contributed by atoms with Crippen LogP contribution in [0.2, 0.25) is 0 Å². The lowest BCUT2D eigenvalue weighted by atomic mass is 10.1. The van der Waals surface area contributed by atoms with E-state index in [2.05, 4.69) is 4.40 Å². The van der Waals surface area contributed by atoms with Crippen LogP contribution in [0, 0.1) is 11.6 Å². The van der Waals surface area contributed by atoms with Crippen LogP contribution < -0.4 is 0 Å². The van der Waals surface area contributed by atoms with Crippen LogP contribution in [0.3, 0.4) is 0 Å². The summed E-state index contributed by atoms with van der Waals surface area (Å²) >= 11 is -1.48. The molecule has 0 spiro atoms. The molecule has 1 rings (SSSR count). The van der Waals surface area contributed by atoms with Gasteiger partial charge >= 0.3 is 0 Å². The minimum atomic E-state index is -1.48. The summed E-state index contributed by atoms with van der Waals surface area (Å²) in [6, 6.07) is 3.84. The molecular weight excluding hydrogens is 244 g/mol. The lowest BCUT2D eigenvalue weighted by molar-refractivity contribution is 0.507. The highest BCUT2D eigenvalue weighted by molar-refractivity contribution is 7.91. The van der Waals surface area contributed by atoms with Crippen LogP contribution in [-0.2, 0) is 11.4 Å². The van der Waals surface area contributed by atoms with Crippen molar-refractivity contribution in [3.63, 3.8) is 0 Å². The zero-order valence-corrected chi connectivity index (χ0v) is 11.1. The maximum atomic E-state index is 13.4. The first-order valence-corrected chi connectivity index (χ1v) is 6.26. The monoisotopic (exact) mass is 259 g/mol. The summed E-state index contributed by atoms with van der Waals surface area (Å²) in [5, 5.41) is 0. The second-order valence-corrected chi connectivity index (χ2v) is 6.55. The Morgan fingerprint density at radius 2 is 1.88 bits per heavy atom. The van der Waals surface area contributed by atoms with Crippen molar-refractivity contribution in [2.24, 2.45) is 4.40 Å². The third kappa shape index (κ3) is 3.51. The molecule has 0 aromatic heterocycles. The molecule has 0 radical (unpaired) electrons. The molecule has 1 aromatic rings. The van der Waals surface area contributed by atoms with E-state index in [9.17, 15) is 13.3 Å². The van der Waals surface area contributed by atoms with Gasteiger partial charge in [-0.3, -0.25) is 0 Å². The lowest BCUT2D eigenvalue weighted by Crippen LogP contribution is -2.26.